The molecule has 33 heavy (non-hydrogen) atoms. The average Bonchev–Trinajstić information content (AvgIpc) is 2.77. The zero-order chi connectivity index (χ0) is 23.9. The fraction of sp³-hybridized carbons (Fsp3) is 0.286. The number of benzene rings is 2. The molecule has 0 bridgehead atoms. The fourth-order valence-electron chi connectivity index (χ4n) is 3.23. The van der Waals surface area contributed by atoms with Gasteiger partial charge in [0.2, 0.25) is 0 Å². The first-order valence-electron chi connectivity index (χ1n) is 9.21. The summed E-state index contributed by atoms with van der Waals surface area (Å²) in [5, 5.41) is 0. The van der Waals surface area contributed by atoms with Gasteiger partial charge in [-0.1, -0.05) is 24.3 Å². The molecule has 0 aliphatic carbocycles. The first-order chi connectivity index (χ1) is 15.0. The van der Waals surface area contributed by atoms with Crippen molar-refractivity contribution >= 4 is 33.9 Å². The summed E-state index contributed by atoms with van der Waals surface area (Å²) in [4.78, 5) is 37.2. The van der Waals surface area contributed by atoms with E-state index in [4.69, 9.17) is 9.47 Å². The third kappa shape index (κ3) is 7.00. The van der Waals surface area contributed by atoms with E-state index in [1.807, 2.05) is 0 Å². The molecule has 0 fully saturated rings. The molecular weight excluding hydrogens is 456 g/mol. The maximum atomic E-state index is 12.8. The number of ether oxygens (including phenoxy) is 3. The predicted molar refractivity (Wildman–Crippen MR) is 117 cm³/mol. The van der Waals surface area contributed by atoms with E-state index in [9.17, 15) is 27.4 Å². The maximum absolute atomic E-state index is 12.8. The Morgan fingerprint density at radius 2 is 1.24 bits per heavy atom. The summed E-state index contributed by atoms with van der Waals surface area (Å²) in [7, 11) is -1.15. The maximum Gasteiger partial charge on any atom is 0.337 e. The topological polar surface area (TPSA) is 185 Å². The van der Waals surface area contributed by atoms with Crippen LogP contribution < -0.4 is 10.9 Å². The van der Waals surface area contributed by atoms with Gasteiger partial charge in [-0.25, -0.2) is 13.2 Å². The monoisotopic (exact) mass is 482 g/mol. The number of nitrogens with one attached hydrogen (secondary N) is 1. The highest BCUT2D eigenvalue weighted by Gasteiger charge is 2.48. The molecule has 0 aliphatic heterocycles. The highest BCUT2D eigenvalue weighted by molar-refractivity contribution is 7.87. The van der Waals surface area contributed by atoms with Gasteiger partial charge in [-0.3, -0.25) is 14.3 Å². The molecule has 2 rings (SSSR count). The minimum Gasteiger partial charge on any atom is -0.731 e. The summed E-state index contributed by atoms with van der Waals surface area (Å²) in [5.74, 6) is -2.19. The molecule has 0 aliphatic rings. The van der Waals surface area contributed by atoms with Crippen molar-refractivity contribution in [2.75, 3.05) is 26.1 Å². The molecule has 0 heterocycles. The van der Waals surface area contributed by atoms with Crippen molar-refractivity contribution in [3.05, 3.63) is 65.2 Å². The lowest BCUT2D eigenvalue weighted by Crippen LogP contribution is -2.45. The van der Waals surface area contributed by atoms with Gasteiger partial charge in [-0.15, -0.1) is 0 Å². The first-order valence-corrected chi connectivity index (χ1v) is 10.6. The zero-order valence-electron chi connectivity index (χ0n) is 18.6. The van der Waals surface area contributed by atoms with Crippen LogP contribution in [-0.2, 0) is 46.9 Å². The fourth-order valence-corrected chi connectivity index (χ4v) is 3.66. The smallest absolute Gasteiger partial charge is 0.337 e. The zero-order valence-corrected chi connectivity index (χ0v) is 19.4. The molecule has 0 spiro atoms. The van der Waals surface area contributed by atoms with Crippen molar-refractivity contribution < 1.29 is 41.6 Å². The number of anilines is 1. The standard InChI is InChI=1S/C21H23NO9S.H3N/c1-29-18(23)16-8-4-14(5-9-16)12-21(19(24)30-2,20(25)31-3)13-15-6-10-17(11-7-15)22-32(26,27)28;/h4-11,22H,12-13H2,1-3H3,(H,26,27,28);1H3. The van der Waals surface area contributed by atoms with Crippen molar-refractivity contribution in [3.63, 3.8) is 0 Å². The van der Waals surface area contributed by atoms with Crippen molar-refractivity contribution in [3.8, 4) is 0 Å². The van der Waals surface area contributed by atoms with E-state index in [-0.39, 0.29) is 24.7 Å². The Bertz CT molecular complexity index is 1070. The van der Waals surface area contributed by atoms with Crippen molar-refractivity contribution in [1.82, 2.24) is 6.15 Å². The first kappa shape index (κ1) is 27.6. The second-order valence-electron chi connectivity index (χ2n) is 6.86. The van der Waals surface area contributed by atoms with Gasteiger partial charge in [-0.05, 0) is 48.2 Å². The van der Waals surface area contributed by atoms with Crippen LogP contribution in [0.5, 0.6) is 0 Å². The molecule has 2 aromatic rings. The summed E-state index contributed by atoms with van der Waals surface area (Å²) in [6.07, 6.45) is -0.224. The number of carbonyl (C=O) groups excluding carboxylic acids is 3. The normalized spacial score (nSPS) is 11.0. The SMILES string of the molecule is COC(=O)c1ccc(CC(Cc2ccc(NS(=O)(=O)[O-])cc2)(C(=O)OC)C(=O)OC)cc1.[NH4+]. The van der Waals surface area contributed by atoms with Crippen molar-refractivity contribution in [2.45, 2.75) is 12.8 Å². The second-order valence-corrected chi connectivity index (χ2v) is 7.97. The molecule has 0 unspecified atom stereocenters. The Morgan fingerprint density at radius 3 is 1.61 bits per heavy atom. The quantitative estimate of drug-likeness (QED) is 0.233. The van der Waals surface area contributed by atoms with Gasteiger partial charge in [0.05, 0.1) is 26.9 Å². The summed E-state index contributed by atoms with van der Waals surface area (Å²) < 4.78 is 48.8. The molecule has 5 N–H and O–H groups in total. The second kappa shape index (κ2) is 11.4. The number of rotatable bonds is 9. The molecule has 11 nitrogen and oxygen atoms in total. The number of quaternary nitrogens is 1. The molecule has 2 aromatic carbocycles. The van der Waals surface area contributed by atoms with Crippen molar-refractivity contribution in [1.29, 1.82) is 0 Å². The van der Waals surface area contributed by atoms with Crippen LogP contribution in [0.1, 0.15) is 21.5 Å². The molecular formula is C21H26N2O9S. The Kier molecular flexibility index (Phi) is 9.52. The van der Waals surface area contributed by atoms with E-state index < -0.39 is 33.6 Å². The van der Waals surface area contributed by atoms with Gasteiger partial charge in [0, 0.05) is 5.69 Å². The Labute approximate surface area is 191 Å². The van der Waals surface area contributed by atoms with E-state index in [1.54, 1.807) is 16.9 Å². The lowest BCUT2D eigenvalue weighted by molar-refractivity contribution is -0.169. The molecule has 12 heteroatoms. The average molecular weight is 483 g/mol. The summed E-state index contributed by atoms with van der Waals surface area (Å²) in [6, 6.07) is 11.8. The van der Waals surface area contributed by atoms with E-state index in [2.05, 4.69) is 4.74 Å². The summed E-state index contributed by atoms with van der Waals surface area (Å²) in [6.45, 7) is 0. The van der Waals surface area contributed by atoms with Gasteiger partial charge in [0.15, 0.2) is 15.7 Å². The Hall–Kier alpha value is -3.48. The molecule has 0 saturated heterocycles. The van der Waals surface area contributed by atoms with Gasteiger partial charge in [0.25, 0.3) is 0 Å². The third-order valence-electron chi connectivity index (χ3n) is 4.74. The molecule has 0 radical (unpaired) electrons. The van der Waals surface area contributed by atoms with Gasteiger partial charge < -0.3 is 24.9 Å². The molecule has 0 saturated carbocycles. The van der Waals surface area contributed by atoms with Gasteiger partial charge in [-0.2, -0.15) is 0 Å². The molecule has 0 aromatic heterocycles. The number of hydrogen-bond donors (Lipinski definition) is 2. The Balaban J connectivity index is 0.00000544. The van der Waals surface area contributed by atoms with Crippen LogP contribution in [0.25, 0.3) is 0 Å². The summed E-state index contributed by atoms with van der Waals surface area (Å²) in [5.41, 5.74) is -0.376. The molecule has 0 atom stereocenters. The van der Waals surface area contributed by atoms with E-state index >= 15 is 0 Å². The lowest BCUT2D eigenvalue weighted by atomic mass is 9.76. The number of esters is 3. The van der Waals surface area contributed by atoms with Crippen LogP contribution in [0.15, 0.2) is 48.5 Å². The highest BCUT2D eigenvalue weighted by Crippen LogP contribution is 2.32. The lowest BCUT2D eigenvalue weighted by Gasteiger charge is -2.28. The highest BCUT2D eigenvalue weighted by atomic mass is 32.2. The van der Waals surface area contributed by atoms with Crippen LogP contribution >= 0.6 is 0 Å². The van der Waals surface area contributed by atoms with Crippen LogP contribution in [0, 0.1) is 5.41 Å². The minimum atomic E-state index is -4.69. The van der Waals surface area contributed by atoms with E-state index in [0.29, 0.717) is 16.7 Å². The van der Waals surface area contributed by atoms with Crippen LogP contribution in [0.2, 0.25) is 0 Å². The van der Waals surface area contributed by atoms with Gasteiger partial charge >= 0.3 is 17.9 Å². The Morgan fingerprint density at radius 1 is 0.818 bits per heavy atom. The van der Waals surface area contributed by atoms with E-state index in [1.165, 1.54) is 43.5 Å². The van der Waals surface area contributed by atoms with E-state index in [0.717, 1.165) is 14.2 Å². The van der Waals surface area contributed by atoms with Gasteiger partial charge in [0.1, 0.15) is 0 Å². The number of hydrogen-bond acceptors (Lipinski definition) is 9. The largest absolute Gasteiger partial charge is 0.731 e. The predicted octanol–water partition coefficient (Wildman–Crippen LogP) is 1.84. The molecule has 0 amide bonds. The van der Waals surface area contributed by atoms with Crippen LogP contribution in [0.4, 0.5) is 5.69 Å². The summed E-state index contributed by atoms with van der Waals surface area (Å²) >= 11 is 0. The molecule has 180 valence electrons. The van der Waals surface area contributed by atoms with Crippen molar-refractivity contribution in [2.24, 2.45) is 5.41 Å². The van der Waals surface area contributed by atoms with Crippen LogP contribution in [0.3, 0.4) is 0 Å². The third-order valence-corrected chi connectivity index (χ3v) is 5.22. The minimum absolute atomic E-state index is 0. The number of methoxy groups -OCH3 is 3. The van der Waals surface area contributed by atoms with Crippen LogP contribution in [-0.4, -0.2) is 52.2 Å². The number of carbonyl (C=O) groups is 3.